The van der Waals surface area contributed by atoms with E-state index in [0.29, 0.717) is 5.75 Å². The van der Waals surface area contributed by atoms with E-state index in [1.54, 1.807) is 17.9 Å². The molecule has 16 heavy (non-hydrogen) atoms. The summed E-state index contributed by atoms with van der Waals surface area (Å²) in [4.78, 5) is 0. The summed E-state index contributed by atoms with van der Waals surface area (Å²) >= 11 is 0. The summed E-state index contributed by atoms with van der Waals surface area (Å²) in [6.45, 7) is -0.149. The smallest absolute Gasteiger partial charge is 0.157 e. The quantitative estimate of drug-likeness (QED) is 0.799. The standard InChI is InChI=1S/C11H10F2N2O/c1-15-6-8(5-14-15)16-7-9-10(12)3-2-4-11(9)13/h2-6H,7H2,1H3. The fraction of sp³-hybridized carbons (Fsp3) is 0.182. The van der Waals surface area contributed by atoms with Crippen LogP contribution in [0.3, 0.4) is 0 Å². The van der Waals surface area contributed by atoms with Crippen LogP contribution >= 0.6 is 0 Å². The molecule has 0 saturated carbocycles. The Bertz CT molecular complexity index is 476. The summed E-state index contributed by atoms with van der Waals surface area (Å²) in [5, 5.41) is 3.88. The van der Waals surface area contributed by atoms with Crippen LogP contribution in [0, 0.1) is 11.6 Å². The number of benzene rings is 1. The van der Waals surface area contributed by atoms with E-state index in [9.17, 15) is 8.78 Å². The Balaban J connectivity index is 2.10. The number of halogens is 2. The number of hydrogen-bond acceptors (Lipinski definition) is 2. The van der Waals surface area contributed by atoms with Gasteiger partial charge in [0.15, 0.2) is 5.75 Å². The van der Waals surface area contributed by atoms with Crippen molar-refractivity contribution in [2.75, 3.05) is 0 Å². The van der Waals surface area contributed by atoms with Gasteiger partial charge in [0, 0.05) is 7.05 Å². The van der Waals surface area contributed by atoms with E-state index in [-0.39, 0.29) is 12.2 Å². The number of aryl methyl sites for hydroxylation is 1. The van der Waals surface area contributed by atoms with E-state index < -0.39 is 11.6 Å². The molecule has 1 aromatic carbocycles. The van der Waals surface area contributed by atoms with Crippen molar-refractivity contribution in [3.8, 4) is 5.75 Å². The van der Waals surface area contributed by atoms with Gasteiger partial charge in [0.25, 0.3) is 0 Å². The largest absolute Gasteiger partial charge is 0.485 e. The highest BCUT2D eigenvalue weighted by molar-refractivity contribution is 5.20. The molecule has 1 aromatic heterocycles. The van der Waals surface area contributed by atoms with E-state index in [1.165, 1.54) is 24.4 Å². The van der Waals surface area contributed by atoms with Gasteiger partial charge in [-0.2, -0.15) is 5.10 Å². The second kappa shape index (κ2) is 4.30. The van der Waals surface area contributed by atoms with Gasteiger partial charge in [0.2, 0.25) is 0 Å². The first-order valence-corrected chi connectivity index (χ1v) is 4.71. The average molecular weight is 224 g/mol. The Morgan fingerprint density at radius 2 is 2.00 bits per heavy atom. The first-order valence-electron chi connectivity index (χ1n) is 4.71. The minimum atomic E-state index is -0.608. The summed E-state index contributed by atoms with van der Waals surface area (Å²) in [6, 6.07) is 3.72. The Hall–Kier alpha value is -1.91. The number of ether oxygens (including phenoxy) is 1. The van der Waals surface area contributed by atoms with Crippen LogP contribution in [0.5, 0.6) is 5.75 Å². The maximum absolute atomic E-state index is 13.2. The molecule has 5 heteroatoms. The fourth-order valence-corrected chi connectivity index (χ4v) is 1.30. The summed E-state index contributed by atoms with van der Waals surface area (Å²) in [6.07, 6.45) is 3.11. The van der Waals surface area contributed by atoms with Crippen molar-refractivity contribution in [3.63, 3.8) is 0 Å². The fourth-order valence-electron chi connectivity index (χ4n) is 1.30. The molecule has 2 aromatic rings. The highest BCUT2D eigenvalue weighted by Gasteiger charge is 2.09. The third-order valence-electron chi connectivity index (χ3n) is 2.13. The zero-order chi connectivity index (χ0) is 11.5. The summed E-state index contributed by atoms with van der Waals surface area (Å²) in [7, 11) is 1.73. The molecule has 1 heterocycles. The SMILES string of the molecule is Cn1cc(OCc2c(F)cccc2F)cn1. The van der Waals surface area contributed by atoms with Crippen LogP contribution in [0.15, 0.2) is 30.6 Å². The molecule has 2 rings (SSSR count). The second-order valence-corrected chi connectivity index (χ2v) is 3.34. The summed E-state index contributed by atoms with van der Waals surface area (Å²) in [5.74, 6) is -0.738. The number of nitrogens with zero attached hydrogens (tertiary/aromatic N) is 2. The van der Waals surface area contributed by atoms with Gasteiger partial charge in [-0.25, -0.2) is 8.78 Å². The van der Waals surface area contributed by atoms with Crippen LogP contribution in [0.25, 0.3) is 0 Å². The average Bonchev–Trinajstić information content (AvgIpc) is 2.63. The van der Waals surface area contributed by atoms with E-state index in [0.717, 1.165) is 0 Å². The molecule has 0 saturated heterocycles. The van der Waals surface area contributed by atoms with Gasteiger partial charge in [-0.05, 0) is 12.1 Å². The molecule has 0 fully saturated rings. The van der Waals surface area contributed by atoms with Crippen LogP contribution in [0.2, 0.25) is 0 Å². The number of rotatable bonds is 3. The van der Waals surface area contributed by atoms with Crippen molar-refractivity contribution < 1.29 is 13.5 Å². The Labute approximate surface area is 91.3 Å². The van der Waals surface area contributed by atoms with Crippen LogP contribution in [0.1, 0.15) is 5.56 Å². The lowest BCUT2D eigenvalue weighted by Crippen LogP contribution is -2.01. The predicted molar refractivity (Wildman–Crippen MR) is 53.9 cm³/mol. The predicted octanol–water partition coefficient (Wildman–Crippen LogP) is 2.28. The van der Waals surface area contributed by atoms with Crippen LogP contribution in [0.4, 0.5) is 8.78 Å². The van der Waals surface area contributed by atoms with Gasteiger partial charge in [-0.1, -0.05) is 6.07 Å². The minimum Gasteiger partial charge on any atom is -0.485 e. The van der Waals surface area contributed by atoms with E-state index in [1.807, 2.05) is 0 Å². The maximum atomic E-state index is 13.2. The molecule has 0 amide bonds. The van der Waals surface area contributed by atoms with Crippen LogP contribution < -0.4 is 4.74 Å². The lowest BCUT2D eigenvalue weighted by molar-refractivity contribution is 0.292. The first kappa shape index (κ1) is 10.6. The minimum absolute atomic E-state index is 0.0775. The van der Waals surface area contributed by atoms with Crippen LogP contribution in [-0.4, -0.2) is 9.78 Å². The highest BCUT2D eigenvalue weighted by atomic mass is 19.1. The highest BCUT2D eigenvalue weighted by Crippen LogP contribution is 2.15. The molecule has 0 radical (unpaired) electrons. The normalized spacial score (nSPS) is 10.4. The van der Waals surface area contributed by atoms with E-state index >= 15 is 0 Å². The molecule has 0 N–H and O–H groups in total. The van der Waals surface area contributed by atoms with Crippen molar-refractivity contribution >= 4 is 0 Å². The van der Waals surface area contributed by atoms with Crippen molar-refractivity contribution in [2.45, 2.75) is 6.61 Å². The zero-order valence-electron chi connectivity index (χ0n) is 8.65. The van der Waals surface area contributed by atoms with Gasteiger partial charge in [0.1, 0.15) is 18.2 Å². The van der Waals surface area contributed by atoms with E-state index in [4.69, 9.17) is 4.74 Å². The van der Waals surface area contributed by atoms with Gasteiger partial charge in [-0.15, -0.1) is 0 Å². The van der Waals surface area contributed by atoms with Crippen molar-refractivity contribution in [3.05, 3.63) is 47.8 Å². The van der Waals surface area contributed by atoms with Gasteiger partial charge >= 0.3 is 0 Å². The lowest BCUT2D eigenvalue weighted by Gasteiger charge is -2.05. The van der Waals surface area contributed by atoms with Gasteiger partial charge < -0.3 is 4.74 Å². The molecule has 0 bridgehead atoms. The Kier molecular flexibility index (Phi) is 2.85. The Morgan fingerprint density at radius 3 is 2.56 bits per heavy atom. The van der Waals surface area contributed by atoms with Gasteiger partial charge in [0.05, 0.1) is 18.0 Å². The first-order chi connectivity index (χ1) is 7.66. The van der Waals surface area contributed by atoms with E-state index in [2.05, 4.69) is 5.10 Å². The number of hydrogen-bond donors (Lipinski definition) is 0. The molecule has 0 aliphatic rings. The third kappa shape index (κ3) is 2.18. The zero-order valence-corrected chi connectivity index (χ0v) is 8.65. The second-order valence-electron chi connectivity index (χ2n) is 3.34. The maximum Gasteiger partial charge on any atom is 0.157 e. The monoisotopic (exact) mass is 224 g/mol. The molecule has 84 valence electrons. The Morgan fingerprint density at radius 1 is 1.31 bits per heavy atom. The molecule has 3 nitrogen and oxygen atoms in total. The molecule has 0 aliphatic heterocycles. The topological polar surface area (TPSA) is 27.1 Å². The summed E-state index contributed by atoms with van der Waals surface area (Å²) < 4.78 is 33.2. The van der Waals surface area contributed by atoms with Crippen molar-refractivity contribution in [2.24, 2.45) is 7.05 Å². The molecule has 0 atom stereocenters. The van der Waals surface area contributed by atoms with Crippen molar-refractivity contribution in [1.29, 1.82) is 0 Å². The molecular formula is C11H10F2N2O. The van der Waals surface area contributed by atoms with Gasteiger partial charge in [-0.3, -0.25) is 4.68 Å². The molecule has 0 spiro atoms. The van der Waals surface area contributed by atoms with Crippen molar-refractivity contribution in [1.82, 2.24) is 9.78 Å². The molecule has 0 aliphatic carbocycles. The summed E-state index contributed by atoms with van der Waals surface area (Å²) in [5.41, 5.74) is -0.0775. The number of aromatic nitrogens is 2. The molecular weight excluding hydrogens is 214 g/mol. The lowest BCUT2D eigenvalue weighted by atomic mass is 10.2. The molecule has 0 unspecified atom stereocenters. The third-order valence-corrected chi connectivity index (χ3v) is 2.13. The van der Waals surface area contributed by atoms with Crippen LogP contribution in [-0.2, 0) is 13.7 Å².